The largest absolute Gasteiger partial charge is 0.448 e. The predicted octanol–water partition coefficient (Wildman–Crippen LogP) is 4.15. The number of hydrogen-bond acceptors (Lipinski definition) is 6. The van der Waals surface area contributed by atoms with Crippen LogP contribution in [0.5, 0.6) is 0 Å². The Labute approximate surface area is 237 Å². The molecular weight excluding hydrogens is 535 g/mol. The van der Waals surface area contributed by atoms with Crippen LogP contribution in [-0.2, 0) is 27.1 Å². The molecule has 4 rings (SSSR count). The van der Waals surface area contributed by atoms with Gasteiger partial charge in [-0.1, -0.05) is 36.4 Å². The molecule has 4 atom stereocenters. The lowest BCUT2D eigenvalue weighted by Gasteiger charge is -2.35. The second-order valence-corrected chi connectivity index (χ2v) is 10.3. The Hall–Kier alpha value is -3.73. The van der Waals surface area contributed by atoms with E-state index < -0.39 is 35.5 Å². The molecule has 1 aliphatic heterocycles. The van der Waals surface area contributed by atoms with Gasteiger partial charge in [-0.05, 0) is 72.4 Å². The number of carbonyl (C=O) groups is 2. The average Bonchev–Trinajstić information content (AvgIpc) is 2.94. The first-order chi connectivity index (χ1) is 19.6. The van der Waals surface area contributed by atoms with Crippen LogP contribution >= 0.6 is 0 Å². The number of carbonyl (C=O) groups excluding carboxylic acids is 2. The molecule has 0 bridgehead atoms. The molecule has 0 saturated carbocycles. The van der Waals surface area contributed by atoms with Crippen LogP contribution in [0.3, 0.4) is 0 Å². The molecule has 3 aromatic carbocycles. The second-order valence-electron chi connectivity index (χ2n) is 10.3. The van der Waals surface area contributed by atoms with E-state index in [2.05, 4.69) is 5.32 Å². The Balaban J connectivity index is 1.46. The van der Waals surface area contributed by atoms with Crippen LogP contribution in [-0.4, -0.2) is 49.3 Å². The number of Topliss-reactive ketones (excluding diaryl/α,β-unsaturated/α-hetero) is 1. The van der Waals surface area contributed by atoms with Crippen LogP contribution in [0.4, 0.5) is 18.0 Å². The summed E-state index contributed by atoms with van der Waals surface area (Å²) < 4.78 is 53.2. The van der Waals surface area contributed by atoms with Gasteiger partial charge in [0.2, 0.25) is 0 Å². The number of primary amides is 1. The highest BCUT2D eigenvalue weighted by Gasteiger charge is 2.30. The van der Waals surface area contributed by atoms with Gasteiger partial charge in [0.05, 0.1) is 24.3 Å². The molecule has 1 saturated heterocycles. The van der Waals surface area contributed by atoms with E-state index >= 15 is 4.39 Å². The minimum absolute atomic E-state index is 0.0832. The number of ketones is 1. The van der Waals surface area contributed by atoms with Crippen molar-refractivity contribution in [3.05, 3.63) is 106 Å². The van der Waals surface area contributed by atoms with Gasteiger partial charge in [-0.2, -0.15) is 0 Å². The first-order valence-electron chi connectivity index (χ1n) is 13.5. The molecule has 3 aromatic rings. The molecule has 41 heavy (non-hydrogen) atoms. The third kappa shape index (κ3) is 7.93. The number of nitrogens with one attached hydrogen (secondary N) is 1. The second kappa shape index (κ2) is 13.8. The van der Waals surface area contributed by atoms with Gasteiger partial charge in [0.1, 0.15) is 24.1 Å². The molecule has 7 nitrogen and oxygen atoms in total. The van der Waals surface area contributed by atoms with Gasteiger partial charge in [-0.25, -0.2) is 18.0 Å². The number of halogens is 3. The highest BCUT2D eigenvalue weighted by Crippen LogP contribution is 2.30. The van der Waals surface area contributed by atoms with Crippen LogP contribution in [0, 0.1) is 17.5 Å². The third-order valence-electron chi connectivity index (χ3n) is 7.47. The Kier molecular flexibility index (Phi) is 10.1. The number of morpholine rings is 1. The summed E-state index contributed by atoms with van der Waals surface area (Å²) in [4.78, 5) is 24.4. The molecule has 1 aliphatic rings. The lowest BCUT2D eigenvalue weighted by atomic mass is 9.82. The van der Waals surface area contributed by atoms with Crippen molar-refractivity contribution in [3.63, 3.8) is 0 Å². The molecule has 5 N–H and O–H groups in total. The molecule has 218 valence electrons. The van der Waals surface area contributed by atoms with Gasteiger partial charge in [0, 0.05) is 18.9 Å². The maximum absolute atomic E-state index is 15.0. The van der Waals surface area contributed by atoms with Crippen LogP contribution in [0.2, 0.25) is 0 Å². The quantitative estimate of drug-likeness (QED) is 0.320. The number of ether oxygens (including phenoxy) is 2. The normalized spacial score (nSPS) is 19.6. The summed E-state index contributed by atoms with van der Waals surface area (Å²) in [6.07, 6.45) is -0.637. The maximum atomic E-state index is 15.0. The van der Waals surface area contributed by atoms with Crippen molar-refractivity contribution in [2.75, 3.05) is 13.2 Å². The Morgan fingerprint density at radius 2 is 1.61 bits per heavy atom. The molecule has 0 radical (unpaired) electrons. The molecule has 10 heteroatoms. The van der Waals surface area contributed by atoms with Gasteiger partial charge in [-0.3, -0.25) is 4.79 Å². The monoisotopic (exact) mass is 569 g/mol. The Morgan fingerprint density at radius 3 is 2.17 bits per heavy atom. The molecule has 1 fully saturated rings. The summed E-state index contributed by atoms with van der Waals surface area (Å²) in [5.41, 5.74) is 13.7. The Bertz CT molecular complexity index is 1290. The predicted molar refractivity (Wildman–Crippen MR) is 148 cm³/mol. The van der Waals surface area contributed by atoms with Gasteiger partial charge in [0.15, 0.2) is 5.78 Å². The fraction of sp³-hybridized carbons (Fsp3) is 0.355. The van der Waals surface area contributed by atoms with Gasteiger partial charge >= 0.3 is 6.09 Å². The van der Waals surface area contributed by atoms with Crippen LogP contribution in [0.25, 0.3) is 0 Å². The van der Waals surface area contributed by atoms with Crippen LogP contribution in [0.15, 0.2) is 66.7 Å². The lowest BCUT2D eigenvalue weighted by Crippen LogP contribution is -2.53. The molecule has 0 spiro atoms. The summed E-state index contributed by atoms with van der Waals surface area (Å²) >= 11 is 0. The molecule has 0 aromatic heterocycles. The third-order valence-corrected chi connectivity index (χ3v) is 7.47. The zero-order valence-corrected chi connectivity index (χ0v) is 22.7. The van der Waals surface area contributed by atoms with Gasteiger partial charge in [-0.15, -0.1) is 0 Å². The van der Waals surface area contributed by atoms with Gasteiger partial charge < -0.3 is 26.3 Å². The smallest absolute Gasteiger partial charge is 0.404 e. The lowest BCUT2D eigenvalue weighted by molar-refractivity contribution is -0.119. The van der Waals surface area contributed by atoms with E-state index in [1.165, 1.54) is 30.3 Å². The number of benzene rings is 3. The van der Waals surface area contributed by atoms with Crippen molar-refractivity contribution >= 4 is 11.9 Å². The molecule has 0 unspecified atom stereocenters. The highest BCUT2D eigenvalue weighted by atomic mass is 19.1. The SMILES string of the molecule is C[C@@H]1O[C@H](CCc2c(F)cccc2CC(=O)[C@@H](N)C(c2ccc(F)cc2)c2ccc(F)cc2)CN[C@@H]1COC(N)=O. The van der Waals surface area contributed by atoms with Crippen LogP contribution in [0.1, 0.15) is 41.5 Å². The van der Waals surface area contributed by atoms with E-state index in [9.17, 15) is 18.4 Å². The van der Waals surface area contributed by atoms with E-state index in [4.69, 9.17) is 20.9 Å². The van der Waals surface area contributed by atoms with Crippen molar-refractivity contribution in [1.29, 1.82) is 0 Å². The zero-order valence-electron chi connectivity index (χ0n) is 22.7. The van der Waals surface area contributed by atoms with Crippen molar-refractivity contribution in [1.82, 2.24) is 5.32 Å². The minimum atomic E-state index is -1.05. The average molecular weight is 570 g/mol. The summed E-state index contributed by atoms with van der Waals surface area (Å²) in [6.45, 7) is 2.41. The van der Waals surface area contributed by atoms with E-state index in [-0.39, 0.29) is 37.1 Å². The molecule has 1 heterocycles. The number of hydrogen-bond donors (Lipinski definition) is 3. The summed E-state index contributed by atoms with van der Waals surface area (Å²) in [5, 5.41) is 3.27. The first-order valence-corrected chi connectivity index (χ1v) is 13.5. The van der Waals surface area contributed by atoms with Crippen molar-refractivity contribution in [3.8, 4) is 0 Å². The van der Waals surface area contributed by atoms with E-state index in [0.29, 0.717) is 41.6 Å². The van der Waals surface area contributed by atoms with Gasteiger partial charge in [0.25, 0.3) is 0 Å². The number of nitrogens with two attached hydrogens (primary N) is 2. The van der Waals surface area contributed by atoms with E-state index in [1.54, 1.807) is 36.4 Å². The fourth-order valence-electron chi connectivity index (χ4n) is 5.22. The first kappa shape index (κ1) is 30.2. The number of amides is 1. The van der Waals surface area contributed by atoms with Crippen LogP contribution < -0.4 is 16.8 Å². The minimum Gasteiger partial charge on any atom is -0.448 e. The highest BCUT2D eigenvalue weighted by molar-refractivity contribution is 5.87. The number of rotatable bonds is 11. The topological polar surface area (TPSA) is 117 Å². The Morgan fingerprint density at radius 1 is 1.00 bits per heavy atom. The van der Waals surface area contributed by atoms with E-state index in [1.807, 2.05) is 6.92 Å². The van der Waals surface area contributed by atoms with E-state index in [0.717, 1.165) is 0 Å². The standard InChI is InChI=1S/C31H34F3N3O4/c1-18-27(17-40-31(36)39)37-16-24(41-18)13-14-25-21(3-2-4-26(25)34)15-28(38)30(35)29(19-5-9-22(32)10-6-19)20-7-11-23(33)12-8-20/h2-12,18,24,27,29-30,37H,13-17,35H2,1H3,(H2,36,39)/t18-,24+,27+,30+/m0/s1. The van der Waals surface area contributed by atoms with Crippen molar-refractivity contribution < 1.29 is 32.2 Å². The summed E-state index contributed by atoms with van der Waals surface area (Å²) in [6, 6.07) is 14.7. The van der Waals surface area contributed by atoms with Crippen molar-refractivity contribution in [2.24, 2.45) is 11.5 Å². The fourth-order valence-corrected chi connectivity index (χ4v) is 5.22. The molecule has 0 aliphatic carbocycles. The maximum Gasteiger partial charge on any atom is 0.404 e. The molecule has 1 amide bonds. The summed E-state index contributed by atoms with van der Waals surface area (Å²) in [7, 11) is 0. The van der Waals surface area contributed by atoms with Crippen molar-refractivity contribution in [2.45, 2.75) is 56.4 Å². The molecular formula is C31H34F3N3O4. The summed E-state index contributed by atoms with van der Waals surface area (Å²) in [5.74, 6) is -2.29. The zero-order chi connectivity index (χ0) is 29.5.